The molecule has 0 unspecified atom stereocenters. The van der Waals surface area contributed by atoms with Gasteiger partial charge in [0.05, 0.1) is 12.2 Å². The van der Waals surface area contributed by atoms with Crippen molar-refractivity contribution in [2.24, 2.45) is 0 Å². The van der Waals surface area contributed by atoms with Crippen molar-refractivity contribution in [2.45, 2.75) is 13.0 Å². The van der Waals surface area contributed by atoms with Crippen LogP contribution in [0, 0.1) is 0 Å². The van der Waals surface area contributed by atoms with Crippen molar-refractivity contribution in [3.63, 3.8) is 0 Å². The van der Waals surface area contributed by atoms with Crippen LogP contribution in [0.2, 0.25) is 20.4 Å². The molecule has 0 spiro atoms. The molecule has 2 rings (SSSR count). The lowest BCUT2D eigenvalue weighted by atomic mass is 10.1. The summed E-state index contributed by atoms with van der Waals surface area (Å²) in [7, 11) is 0. The molecule has 0 amide bonds. The van der Waals surface area contributed by atoms with Crippen LogP contribution in [0.3, 0.4) is 0 Å². The average molecular weight is 337 g/mol. The van der Waals surface area contributed by atoms with Crippen molar-refractivity contribution >= 4 is 52.2 Å². The predicted molar refractivity (Wildman–Crippen MR) is 80.6 cm³/mol. The minimum absolute atomic E-state index is 0.103. The van der Waals surface area contributed by atoms with E-state index in [-0.39, 0.29) is 11.3 Å². The van der Waals surface area contributed by atoms with Crippen LogP contribution in [-0.2, 0) is 0 Å². The Bertz CT molecular complexity index is 604. The summed E-state index contributed by atoms with van der Waals surface area (Å²) < 4.78 is 0. The van der Waals surface area contributed by atoms with Crippen LogP contribution in [0.1, 0.15) is 18.5 Å². The number of aromatic nitrogens is 2. The van der Waals surface area contributed by atoms with Crippen LogP contribution in [0.15, 0.2) is 24.4 Å². The van der Waals surface area contributed by atoms with Crippen LogP contribution in [0.5, 0.6) is 0 Å². The molecule has 7 heteroatoms. The van der Waals surface area contributed by atoms with Gasteiger partial charge in [0.15, 0.2) is 0 Å². The van der Waals surface area contributed by atoms with Crippen molar-refractivity contribution in [1.29, 1.82) is 0 Å². The van der Waals surface area contributed by atoms with Crippen LogP contribution in [0.25, 0.3) is 0 Å². The van der Waals surface area contributed by atoms with Crippen LogP contribution in [0.4, 0.5) is 5.82 Å². The molecule has 0 fully saturated rings. The summed E-state index contributed by atoms with van der Waals surface area (Å²) in [4.78, 5) is 7.81. The SMILES string of the molecule is C[C@@H](Nc1nc(Cl)ncc1Cl)c1ccc(Cl)cc1Cl. The first kappa shape index (κ1) is 14.7. The van der Waals surface area contributed by atoms with Crippen LogP contribution >= 0.6 is 46.4 Å². The van der Waals surface area contributed by atoms with Gasteiger partial charge < -0.3 is 5.32 Å². The number of nitrogens with zero attached hydrogens (tertiary/aromatic N) is 2. The van der Waals surface area contributed by atoms with Gasteiger partial charge in [0.1, 0.15) is 10.8 Å². The second-order valence-corrected chi connectivity index (χ2v) is 5.46. The molecule has 0 saturated heterocycles. The van der Waals surface area contributed by atoms with E-state index < -0.39 is 0 Å². The highest BCUT2D eigenvalue weighted by Gasteiger charge is 2.13. The van der Waals surface area contributed by atoms with Gasteiger partial charge in [-0.3, -0.25) is 0 Å². The third-order valence-electron chi connectivity index (χ3n) is 2.50. The number of nitrogens with one attached hydrogen (secondary N) is 1. The van der Waals surface area contributed by atoms with Gasteiger partial charge in [-0.2, -0.15) is 4.98 Å². The molecule has 0 aliphatic heterocycles. The Kier molecular flexibility index (Phi) is 4.74. The van der Waals surface area contributed by atoms with E-state index in [1.165, 1.54) is 6.20 Å². The lowest BCUT2D eigenvalue weighted by Crippen LogP contribution is -2.09. The normalized spacial score (nSPS) is 12.3. The summed E-state index contributed by atoms with van der Waals surface area (Å²) in [5.74, 6) is 0.459. The highest BCUT2D eigenvalue weighted by molar-refractivity contribution is 6.35. The molecule has 1 atom stereocenters. The third kappa shape index (κ3) is 3.63. The number of hydrogen-bond acceptors (Lipinski definition) is 3. The van der Waals surface area contributed by atoms with Gasteiger partial charge in [0.2, 0.25) is 5.28 Å². The first-order valence-electron chi connectivity index (χ1n) is 5.37. The fraction of sp³-hybridized carbons (Fsp3) is 0.167. The van der Waals surface area contributed by atoms with E-state index in [2.05, 4.69) is 15.3 Å². The van der Waals surface area contributed by atoms with Crippen molar-refractivity contribution in [3.05, 3.63) is 50.3 Å². The van der Waals surface area contributed by atoms with Crippen molar-refractivity contribution in [2.75, 3.05) is 5.32 Å². The Labute approximate surface area is 130 Å². The minimum atomic E-state index is -0.103. The van der Waals surface area contributed by atoms with Gasteiger partial charge in [0.25, 0.3) is 0 Å². The summed E-state index contributed by atoms with van der Waals surface area (Å²) >= 11 is 23.7. The van der Waals surface area contributed by atoms with Gasteiger partial charge in [0, 0.05) is 10.0 Å². The average Bonchev–Trinajstić information content (AvgIpc) is 2.33. The maximum Gasteiger partial charge on any atom is 0.224 e. The van der Waals surface area contributed by atoms with E-state index in [1.807, 2.05) is 13.0 Å². The topological polar surface area (TPSA) is 37.8 Å². The summed E-state index contributed by atoms with van der Waals surface area (Å²) in [6.45, 7) is 1.93. The molecule has 1 heterocycles. The second-order valence-electron chi connectivity index (χ2n) is 3.87. The van der Waals surface area contributed by atoms with Crippen LogP contribution in [-0.4, -0.2) is 9.97 Å². The number of anilines is 1. The predicted octanol–water partition coefficient (Wildman–Crippen LogP) is 5.26. The highest BCUT2D eigenvalue weighted by Crippen LogP contribution is 2.30. The summed E-state index contributed by atoms with van der Waals surface area (Å²) in [6.07, 6.45) is 1.44. The summed E-state index contributed by atoms with van der Waals surface area (Å²) in [6, 6.07) is 5.20. The first-order chi connectivity index (χ1) is 8.97. The zero-order valence-corrected chi connectivity index (χ0v) is 12.8. The molecule has 0 aliphatic rings. The van der Waals surface area contributed by atoms with Gasteiger partial charge >= 0.3 is 0 Å². The molecule has 100 valence electrons. The fourth-order valence-electron chi connectivity index (χ4n) is 1.58. The molecule has 3 nitrogen and oxygen atoms in total. The highest BCUT2D eigenvalue weighted by atomic mass is 35.5. The fourth-order valence-corrected chi connectivity index (χ4v) is 2.43. The molecule has 2 aromatic rings. The molecule has 1 aromatic heterocycles. The minimum Gasteiger partial charge on any atom is -0.362 e. The van der Waals surface area contributed by atoms with Gasteiger partial charge in [-0.1, -0.05) is 40.9 Å². The standard InChI is InChI=1S/C12H9Cl4N3/c1-6(8-3-2-7(13)4-9(8)14)18-11-10(15)5-17-12(16)19-11/h2-6H,1H3,(H,17,18,19)/t6-/m1/s1. The van der Waals surface area contributed by atoms with E-state index in [9.17, 15) is 0 Å². The molecule has 0 radical (unpaired) electrons. The largest absolute Gasteiger partial charge is 0.362 e. The Hall–Kier alpha value is -0.740. The van der Waals surface area contributed by atoms with Crippen LogP contribution < -0.4 is 5.32 Å². The summed E-state index contributed by atoms with van der Waals surface area (Å²) in [5.41, 5.74) is 0.886. The maximum atomic E-state index is 6.15. The Morgan fingerprint density at radius 2 is 1.84 bits per heavy atom. The molecular weight excluding hydrogens is 328 g/mol. The Morgan fingerprint density at radius 3 is 2.53 bits per heavy atom. The zero-order chi connectivity index (χ0) is 14.0. The second kappa shape index (κ2) is 6.14. The molecule has 0 aliphatic carbocycles. The van der Waals surface area contributed by atoms with E-state index >= 15 is 0 Å². The van der Waals surface area contributed by atoms with Gasteiger partial charge in [-0.05, 0) is 36.2 Å². The maximum absolute atomic E-state index is 6.15. The summed E-state index contributed by atoms with van der Waals surface area (Å²) in [5, 5.41) is 4.81. The third-order valence-corrected chi connectivity index (χ3v) is 3.52. The quantitative estimate of drug-likeness (QED) is 0.776. The van der Waals surface area contributed by atoms with Crippen molar-refractivity contribution < 1.29 is 0 Å². The van der Waals surface area contributed by atoms with Gasteiger partial charge in [-0.15, -0.1) is 0 Å². The van der Waals surface area contributed by atoms with E-state index in [4.69, 9.17) is 46.4 Å². The van der Waals surface area contributed by atoms with E-state index in [0.29, 0.717) is 20.9 Å². The monoisotopic (exact) mass is 335 g/mol. The van der Waals surface area contributed by atoms with Gasteiger partial charge in [-0.25, -0.2) is 4.98 Å². The molecule has 19 heavy (non-hydrogen) atoms. The molecule has 1 aromatic carbocycles. The van der Waals surface area contributed by atoms with E-state index in [1.54, 1.807) is 12.1 Å². The molecule has 0 saturated carbocycles. The number of hydrogen-bond donors (Lipinski definition) is 1. The van der Waals surface area contributed by atoms with E-state index in [0.717, 1.165) is 5.56 Å². The smallest absolute Gasteiger partial charge is 0.224 e. The Balaban J connectivity index is 2.25. The number of halogens is 4. The zero-order valence-electron chi connectivity index (χ0n) is 9.79. The lowest BCUT2D eigenvalue weighted by molar-refractivity contribution is 0.872. The molecular formula is C12H9Cl4N3. The molecule has 1 N–H and O–H groups in total. The van der Waals surface area contributed by atoms with Crippen molar-refractivity contribution in [3.8, 4) is 0 Å². The number of benzene rings is 1. The lowest BCUT2D eigenvalue weighted by Gasteiger charge is -2.17. The van der Waals surface area contributed by atoms with Crippen molar-refractivity contribution in [1.82, 2.24) is 9.97 Å². The number of rotatable bonds is 3. The Morgan fingerprint density at radius 1 is 1.11 bits per heavy atom. The molecule has 0 bridgehead atoms. The first-order valence-corrected chi connectivity index (χ1v) is 6.88.